The molecule has 0 spiro atoms. The molecule has 21 heavy (non-hydrogen) atoms. The Morgan fingerprint density at radius 1 is 1.43 bits per heavy atom. The lowest BCUT2D eigenvalue weighted by Crippen LogP contribution is -2.22. The van der Waals surface area contributed by atoms with E-state index in [1.807, 2.05) is 36.0 Å². The quantitative estimate of drug-likeness (QED) is 0.778. The van der Waals surface area contributed by atoms with Crippen LogP contribution in [0.5, 0.6) is 5.88 Å². The first kappa shape index (κ1) is 14.9. The maximum atomic E-state index is 6.22. The summed E-state index contributed by atoms with van der Waals surface area (Å²) < 4.78 is 5.81. The second-order valence-corrected chi connectivity index (χ2v) is 6.75. The van der Waals surface area contributed by atoms with Crippen LogP contribution in [0.25, 0.3) is 10.9 Å². The fraction of sp³-hybridized carbons (Fsp3) is 0.438. The van der Waals surface area contributed by atoms with Crippen LogP contribution < -0.4 is 4.74 Å². The van der Waals surface area contributed by atoms with E-state index in [0.29, 0.717) is 17.5 Å². The molecular formula is C16H19ClN2OS. The van der Waals surface area contributed by atoms with E-state index in [4.69, 9.17) is 16.3 Å². The number of aryl methyl sites for hydroxylation is 1. The molecule has 1 saturated heterocycles. The highest BCUT2D eigenvalue weighted by Crippen LogP contribution is 2.27. The predicted octanol–water partition coefficient (Wildman–Crippen LogP) is 3.97. The van der Waals surface area contributed by atoms with Crippen LogP contribution in [0.1, 0.15) is 12.0 Å². The highest BCUT2D eigenvalue weighted by Gasteiger charge is 2.11. The fourth-order valence-corrected chi connectivity index (χ4v) is 3.77. The van der Waals surface area contributed by atoms with E-state index in [9.17, 15) is 0 Å². The molecule has 0 radical (unpaired) electrons. The third kappa shape index (κ3) is 3.62. The minimum atomic E-state index is 0.670. The molecule has 1 aliphatic rings. The first-order valence-corrected chi connectivity index (χ1v) is 8.76. The van der Waals surface area contributed by atoms with E-state index in [1.54, 1.807) is 0 Å². The molecule has 1 aromatic carbocycles. The van der Waals surface area contributed by atoms with Crippen LogP contribution in [0, 0.1) is 6.92 Å². The van der Waals surface area contributed by atoms with Gasteiger partial charge in [0.1, 0.15) is 0 Å². The van der Waals surface area contributed by atoms with Crippen molar-refractivity contribution in [3.05, 3.63) is 34.9 Å². The maximum Gasteiger partial charge on any atom is 0.214 e. The number of aromatic nitrogens is 1. The Kier molecular flexibility index (Phi) is 4.88. The second kappa shape index (κ2) is 6.86. The molecule has 0 aliphatic carbocycles. The van der Waals surface area contributed by atoms with E-state index in [1.165, 1.54) is 12.3 Å². The van der Waals surface area contributed by atoms with Gasteiger partial charge in [0, 0.05) is 36.2 Å². The van der Waals surface area contributed by atoms with Crippen molar-refractivity contribution in [3.8, 4) is 5.88 Å². The Hall–Kier alpha value is -0.970. The van der Waals surface area contributed by atoms with Crippen LogP contribution in [0.4, 0.5) is 0 Å². The number of halogens is 1. The first-order chi connectivity index (χ1) is 10.2. The van der Waals surface area contributed by atoms with Gasteiger partial charge in [0.2, 0.25) is 5.88 Å². The molecule has 3 rings (SSSR count). The first-order valence-electron chi connectivity index (χ1n) is 7.23. The Morgan fingerprint density at radius 3 is 3.14 bits per heavy atom. The van der Waals surface area contributed by atoms with E-state index >= 15 is 0 Å². The normalized spacial score (nSPS) is 15.7. The number of fused-ring (bicyclic) bond motifs is 1. The summed E-state index contributed by atoms with van der Waals surface area (Å²) in [6.07, 6.45) is 1.03. The lowest BCUT2D eigenvalue weighted by Gasteiger charge is -2.14. The predicted molar refractivity (Wildman–Crippen MR) is 90.5 cm³/mol. The second-order valence-electron chi connectivity index (χ2n) is 5.27. The summed E-state index contributed by atoms with van der Waals surface area (Å²) in [5.41, 5.74) is 1.97. The Morgan fingerprint density at radius 2 is 2.33 bits per heavy atom. The molecule has 0 bridgehead atoms. The zero-order valence-electron chi connectivity index (χ0n) is 12.1. The molecule has 1 aliphatic heterocycles. The summed E-state index contributed by atoms with van der Waals surface area (Å²) in [7, 11) is 0. The number of nitrogens with zero attached hydrogens (tertiary/aromatic N) is 2. The summed E-state index contributed by atoms with van der Waals surface area (Å²) in [4.78, 5) is 7.00. The Labute approximate surface area is 134 Å². The van der Waals surface area contributed by atoms with Crippen molar-refractivity contribution in [2.75, 3.05) is 31.3 Å². The lowest BCUT2D eigenvalue weighted by atomic mass is 10.1. The van der Waals surface area contributed by atoms with Crippen molar-refractivity contribution in [2.24, 2.45) is 0 Å². The van der Waals surface area contributed by atoms with Crippen LogP contribution in [-0.4, -0.2) is 41.2 Å². The zero-order chi connectivity index (χ0) is 14.7. The van der Waals surface area contributed by atoms with Gasteiger partial charge in [-0.1, -0.05) is 23.7 Å². The van der Waals surface area contributed by atoms with Crippen LogP contribution in [-0.2, 0) is 0 Å². The van der Waals surface area contributed by atoms with Crippen molar-refractivity contribution in [3.63, 3.8) is 0 Å². The van der Waals surface area contributed by atoms with E-state index in [0.717, 1.165) is 35.3 Å². The van der Waals surface area contributed by atoms with Gasteiger partial charge in [0.25, 0.3) is 0 Å². The van der Waals surface area contributed by atoms with E-state index in [2.05, 4.69) is 16.8 Å². The topological polar surface area (TPSA) is 25.4 Å². The number of ether oxygens (including phenoxy) is 1. The van der Waals surface area contributed by atoms with E-state index < -0.39 is 0 Å². The molecule has 5 heteroatoms. The number of pyridine rings is 1. The molecule has 1 aromatic heterocycles. The molecule has 2 heterocycles. The molecule has 1 fully saturated rings. The summed E-state index contributed by atoms with van der Waals surface area (Å²) in [5, 5.41) is 1.76. The number of thioether (sulfide) groups is 1. The average Bonchev–Trinajstić information content (AvgIpc) is 2.98. The standard InChI is InChI=1S/C16H19ClN2OS/c1-12-10-15(18-16-13(12)4-2-5-14(16)17)20-8-3-6-19-7-9-21-11-19/h2,4-5,10H,3,6-9,11H2,1H3. The SMILES string of the molecule is Cc1cc(OCCCN2CCSC2)nc2c(Cl)cccc12. The number of para-hydroxylation sites is 1. The highest BCUT2D eigenvalue weighted by atomic mass is 35.5. The number of benzene rings is 1. The molecule has 0 amide bonds. The zero-order valence-corrected chi connectivity index (χ0v) is 13.7. The van der Waals surface area contributed by atoms with Crippen LogP contribution >= 0.6 is 23.4 Å². The van der Waals surface area contributed by atoms with Crippen molar-refractivity contribution >= 4 is 34.3 Å². The number of rotatable bonds is 5. The maximum absolute atomic E-state index is 6.22. The molecule has 0 saturated carbocycles. The minimum Gasteiger partial charge on any atom is -0.478 e. The summed E-state index contributed by atoms with van der Waals surface area (Å²) in [5.74, 6) is 3.08. The molecular weight excluding hydrogens is 304 g/mol. The van der Waals surface area contributed by atoms with Gasteiger partial charge in [-0.25, -0.2) is 4.98 Å². The lowest BCUT2D eigenvalue weighted by molar-refractivity contribution is 0.262. The van der Waals surface area contributed by atoms with Crippen molar-refractivity contribution in [1.29, 1.82) is 0 Å². The summed E-state index contributed by atoms with van der Waals surface area (Å²) in [6, 6.07) is 7.85. The third-order valence-corrected chi connectivity index (χ3v) is 4.99. The van der Waals surface area contributed by atoms with E-state index in [-0.39, 0.29) is 0 Å². The van der Waals surface area contributed by atoms with Gasteiger partial charge in [-0.2, -0.15) is 0 Å². The average molecular weight is 323 g/mol. The molecule has 0 N–H and O–H groups in total. The molecule has 0 unspecified atom stereocenters. The van der Waals surface area contributed by atoms with Crippen LogP contribution in [0.3, 0.4) is 0 Å². The number of hydrogen-bond donors (Lipinski definition) is 0. The Balaban J connectivity index is 1.62. The van der Waals surface area contributed by atoms with Crippen LogP contribution in [0.2, 0.25) is 5.02 Å². The molecule has 2 aromatic rings. The van der Waals surface area contributed by atoms with Crippen molar-refractivity contribution in [1.82, 2.24) is 9.88 Å². The summed E-state index contributed by atoms with van der Waals surface area (Å²) >= 11 is 8.22. The molecule has 3 nitrogen and oxygen atoms in total. The van der Waals surface area contributed by atoms with Gasteiger partial charge in [-0.05, 0) is 25.0 Å². The minimum absolute atomic E-state index is 0.670. The third-order valence-electron chi connectivity index (χ3n) is 3.67. The monoisotopic (exact) mass is 322 g/mol. The Bertz CT molecular complexity index is 629. The van der Waals surface area contributed by atoms with Gasteiger partial charge >= 0.3 is 0 Å². The van der Waals surface area contributed by atoms with Gasteiger partial charge in [-0.3, -0.25) is 4.90 Å². The number of hydrogen-bond acceptors (Lipinski definition) is 4. The van der Waals surface area contributed by atoms with Gasteiger partial charge in [0.05, 0.1) is 17.1 Å². The van der Waals surface area contributed by atoms with Gasteiger partial charge in [0.15, 0.2) is 0 Å². The molecule has 112 valence electrons. The highest BCUT2D eigenvalue weighted by molar-refractivity contribution is 7.99. The molecule has 0 atom stereocenters. The summed E-state index contributed by atoms with van der Waals surface area (Å²) in [6.45, 7) is 5.06. The van der Waals surface area contributed by atoms with Gasteiger partial charge in [-0.15, -0.1) is 11.8 Å². The smallest absolute Gasteiger partial charge is 0.214 e. The van der Waals surface area contributed by atoms with Crippen LogP contribution in [0.15, 0.2) is 24.3 Å². The fourth-order valence-electron chi connectivity index (χ4n) is 2.52. The van der Waals surface area contributed by atoms with Crippen molar-refractivity contribution < 1.29 is 4.74 Å². The largest absolute Gasteiger partial charge is 0.478 e. The van der Waals surface area contributed by atoms with Crippen molar-refractivity contribution in [2.45, 2.75) is 13.3 Å². The van der Waals surface area contributed by atoms with Gasteiger partial charge < -0.3 is 4.74 Å².